The van der Waals surface area contributed by atoms with Crippen LogP contribution in [-0.4, -0.2) is 22.8 Å². The number of carbonyl (C=O) groups excluding carboxylic acids is 3. The van der Waals surface area contributed by atoms with E-state index in [2.05, 4.69) is 26.3 Å². The Morgan fingerprint density at radius 1 is 0.875 bits per heavy atom. The number of aromatic amines is 1. The standard InChI is InChI=1S/C29H22F3N5O3/c1-16-7-8-20(34-26(38)17-4-2-5-18(12-17)29(30,31)32)14-24(16)37-28(40)35-21-9-10-22-23(13-19-6-3-11-33-19)27(39)36-25(22)15-21/h2-15,33H,1H3,(H,34,38)(H,36,39)(H2,35,37,40)/b23-13-. The number of nitrogens with one attached hydrogen (secondary N) is 5. The average molecular weight is 546 g/mol. The van der Waals surface area contributed by atoms with Crippen molar-refractivity contribution in [1.82, 2.24) is 4.98 Å². The quantitative estimate of drug-likeness (QED) is 0.179. The number of aromatic nitrogens is 1. The van der Waals surface area contributed by atoms with Crippen molar-refractivity contribution in [3.63, 3.8) is 0 Å². The van der Waals surface area contributed by atoms with Crippen molar-refractivity contribution in [2.75, 3.05) is 21.3 Å². The van der Waals surface area contributed by atoms with E-state index in [4.69, 9.17) is 0 Å². The minimum Gasteiger partial charge on any atom is -0.362 e. The van der Waals surface area contributed by atoms with Crippen LogP contribution in [0.3, 0.4) is 0 Å². The summed E-state index contributed by atoms with van der Waals surface area (Å²) in [6.45, 7) is 1.75. The fourth-order valence-electron chi connectivity index (χ4n) is 4.16. The molecular weight excluding hydrogens is 523 g/mol. The lowest BCUT2D eigenvalue weighted by atomic mass is 10.1. The van der Waals surface area contributed by atoms with Gasteiger partial charge in [-0.05, 0) is 73.2 Å². The largest absolute Gasteiger partial charge is 0.416 e. The number of anilines is 4. The zero-order valence-corrected chi connectivity index (χ0v) is 20.9. The van der Waals surface area contributed by atoms with Gasteiger partial charge in [-0.2, -0.15) is 13.2 Å². The van der Waals surface area contributed by atoms with Crippen LogP contribution in [0.25, 0.3) is 11.6 Å². The Morgan fingerprint density at radius 2 is 1.65 bits per heavy atom. The van der Waals surface area contributed by atoms with Gasteiger partial charge >= 0.3 is 12.2 Å². The van der Waals surface area contributed by atoms with Crippen LogP contribution in [0.15, 0.2) is 79.0 Å². The maximum absolute atomic E-state index is 13.0. The number of fused-ring (bicyclic) bond motifs is 1. The maximum atomic E-state index is 13.0. The number of urea groups is 1. The van der Waals surface area contributed by atoms with Gasteiger partial charge in [0.2, 0.25) is 0 Å². The van der Waals surface area contributed by atoms with Gasteiger partial charge in [0.05, 0.1) is 16.8 Å². The molecule has 0 atom stereocenters. The fraction of sp³-hybridized carbons (Fsp3) is 0.0690. The molecule has 0 bridgehead atoms. The molecule has 0 unspecified atom stereocenters. The number of H-pyrrole nitrogens is 1. The molecule has 1 aliphatic rings. The molecule has 4 aromatic rings. The molecule has 11 heteroatoms. The SMILES string of the molecule is Cc1ccc(NC(=O)c2cccc(C(F)(F)F)c2)cc1NC(=O)Nc1ccc2c(c1)NC(=O)/C2=C\c1ccc[nH]1. The van der Waals surface area contributed by atoms with Crippen molar-refractivity contribution < 1.29 is 27.6 Å². The molecule has 0 aliphatic carbocycles. The van der Waals surface area contributed by atoms with Crippen LogP contribution in [-0.2, 0) is 11.0 Å². The van der Waals surface area contributed by atoms with Gasteiger partial charge in [0.15, 0.2) is 0 Å². The fourth-order valence-corrected chi connectivity index (χ4v) is 4.16. The lowest BCUT2D eigenvalue weighted by Crippen LogP contribution is -2.20. The molecule has 8 nitrogen and oxygen atoms in total. The minimum absolute atomic E-state index is 0.155. The lowest BCUT2D eigenvalue weighted by molar-refractivity contribution is -0.137. The summed E-state index contributed by atoms with van der Waals surface area (Å²) in [5.74, 6) is -0.985. The summed E-state index contributed by atoms with van der Waals surface area (Å²) >= 11 is 0. The molecule has 40 heavy (non-hydrogen) atoms. The highest BCUT2D eigenvalue weighted by molar-refractivity contribution is 6.35. The highest BCUT2D eigenvalue weighted by atomic mass is 19.4. The number of halogens is 3. The highest BCUT2D eigenvalue weighted by Gasteiger charge is 2.31. The second-order valence-electron chi connectivity index (χ2n) is 9.04. The summed E-state index contributed by atoms with van der Waals surface area (Å²) in [6, 6.07) is 17.0. The van der Waals surface area contributed by atoms with Gasteiger partial charge in [-0.1, -0.05) is 18.2 Å². The van der Waals surface area contributed by atoms with Gasteiger partial charge in [0.25, 0.3) is 11.8 Å². The summed E-state index contributed by atoms with van der Waals surface area (Å²) in [6.07, 6.45) is -1.08. The Balaban J connectivity index is 1.26. The molecule has 0 saturated heterocycles. The number of amides is 4. The molecule has 1 aliphatic heterocycles. The molecule has 4 amide bonds. The van der Waals surface area contributed by atoms with Crippen molar-refractivity contribution in [2.45, 2.75) is 13.1 Å². The van der Waals surface area contributed by atoms with E-state index < -0.39 is 23.7 Å². The van der Waals surface area contributed by atoms with Gasteiger partial charge in [0.1, 0.15) is 0 Å². The summed E-state index contributed by atoms with van der Waals surface area (Å²) in [5, 5.41) is 10.8. The van der Waals surface area contributed by atoms with Gasteiger partial charge in [-0.3, -0.25) is 9.59 Å². The number of benzene rings is 3. The van der Waals surface area contributed by atoms with Gasteiger partial charge in [-0.25, -0.2) is 4.79 Å². The second kappa shape index (κ2) is 10.4. The van der Waals surface area contributed by atoms with E-state index >= 15 is 0 Å². The van der Waals surface area contributed by atoms with Gasteiger partial charge in [0, 0.05) is 40.1 Å². The number of carbonyl (C=O) groups is 3. The van der Waals surface area contributed by atoms with E-state index in [-0.39, 0.29) is 17.2 Å². The Hall–Kier alpha value is -5.32. The van der Waals surface area contributed by atoms with Crippen molar-refractivity contribution in [1.29, 1.82) is 0 Å². The lowest BCUT2D eigenvalue weighted by Gasteiger charge is -2.13. The summed E-state index contributed by atoms with van der Waals surface area (Å²) in [4.78, 5) is 40.8. The van der Waals surface area contributed by atoms with Crippen LogP contribution in [0.2, 0.25) is 0 Å². The van der Waals surface area contributed by atoms with Crippen LogP contribution in [0.1, 0.15) is 32.7 Å². The molecule has 2 heterocycles. The van der Waals surface area contributed by atoms with Crippen molar-refractivity contribution in [3.05, 3.63) is 107 Å². The Labute approximate surface area is 226 Å². The predicted octanol–water partition coefficient (Wildman–Crippen LogP) is 6.73. The minimum atomic E-state index is -4.57. The molecular formula is C29H22F3N5O3. The third-order valence-corrected chi connectivity index (χ3v) is 6.18. The smallest absolute Gasteiger partial charge is 0.362 e. The van der Waals surface area contributed by atoms with Crippen molar-refractivity contribution >= 4 is 52.2 Å². The van der Waals surface area contributed by atoms with Crippen molar-refractivity contribution in [2.24, 2.45) is 0 Å². The van der Waals surface area contributed by atoms with Crippen LogP contribution in [0, 0.1) is 6.92 Å². The Kier molecular flexibility index (Phi) is 6.87. The number of hydrogen-bond acceptors (Lipinski definition) is 3. The van der Waals surface area contributed by atoms with Gasteiger partial charge in [-0.15, -0.1) is 0 Å². The van der Waals surface area contributed by atoms with E-state index in [9.17, 15) is 27.6 Å². The summed E-state index contributed by atoms with van der Waals surface area (Å²) in [7, 11) is 0. The second-order valence-corrected chi connectivity index (χ2v) is 9.04. The third-order valence-electron chi connectivity index (χ3n) is 6.18. The summed E-state index contributed by atoms with van der Waals surface area (Å²) in [5.41, 5.74) is 3.23. The zero-order chi connectivity index (χ0) is 28.4. The molecule has 5 rings (SSSR count). The van der Waals surface area contributed by atoms with E-state index in [1.165, 1.54) is 12.1 Å². The Morgan fingerprint density at radius 3 is 2.40 bits per heavy atom. The number of aryl methyl sites for hydroxylation is 1. The molecule has 1 aromatic heterocycles. The van der Waals surface area contributed by atoms with Crippen LogP contribution < -0.4 is 21.3 Å². The van der Waals surface area contributed by atoms with E-state index in [1.807, 2.05) is 12.1 Å². The summed E-state index contributed by atoms with van der Waals surface area (Å²) < 4.78 is 39.0. The average Bonchev–Trinajstić information content (AvgIpc) is 3.53. The van der Waals surface area contributed by atoms with Crippen LogP contribution in [0.4, 0.5) is 40.7 Å². The first-order chi connectivity index (χ1) is 19.1. The zero-order valence-electron chi connectivity index (χ0n) is 20.9. The molecule has 3 aromatic carbocycles. The number of rotatable bonds is 5. The number of alkyl halides is 3. The highest BCUT2D eigenvalue weighted by Crippen LogP contribution is 2.35. The first-order valence-corrected chi connectivity index (χ1v) is 12.0. The van der Waals surface area contributed by atoms with Crippen LogP contribution in [0.5, 0.6) is 0 Å². The number of hydrogen-bond donors (Lipinski definition) is 5. The van der Waals surface area contributed by atoms with Gasteiger partial charge < -0.3 is 26.3 Å². The predicted molar refractivity (Wildman–Crippen MR) is 147 cm³/mol. The third kappa shape index (κ3) is 5.73. The molecule has 202 valence electrons. The first-order valence-electron chi connectivity index (χ1n) is 12.0. The molecule has 0 saturated carbocycles. The topological polar surface area (TPSA) is 115 Å². The maximum Gasteiger partial charge on any atom is 0.416 e. The normalized spacial score (nSPS) is 13.5. The van der Waals surface area contributed by atoms with Crippen molar-refractivity contribution in [3.8, 4) is 0 Å². The Bertz CT molecular complexity index is 1660. The molecule has 5 N–H and O–H groups in total. The van der Waals surface area contributed by atoms with Crippen LogP contribution >= 0.6 is 0 Å². The van der Waals surface area contributed by atoms with E-state index in [1.54, 1.807) is 49.5 Å². The van der Waals surface area contributed by atoms with E-state index in [0.29, 0.717) is 33.8 Å². The van der Waals surface area contributed by atoms with E-state index in [0.717, 1.165) is 23.9 Å². The first kappa shape index (κ1) is 26.3. The molecule has 0 fully saturated rings. The monoisotopic (exact) mass is 545 g/mol. The molecule has 0 radical (unpaired) electrons. The molecule has 0 spiro atoms.